The minimum absolute atomic E-state index is 0.0510. The molecule has 0 aromatic heterocycles. The Bertz CT molecular complexity index is 1900. The summed E-state index contributed by atoms with van der Waals surface area (Å²) < 4.78 is 67.9. The van der Waals surface area contributed by atoms with Crippen LogP contribution >= 0.6 is 0 Å². The lowest BCUT2D eigenvalue weighted by atomic mass is 10.1. The van der Waals surface area contributed by atoms with Crippen molar-refractivity contribution in [2.45, 2.75) is 9.79 Å². The average molecular weight is 619 g/mol. The van der Waals surface area contributed by atoms with Crippen LogP contribution in [0.5, 0.6) is 11.5 Å². The summed E-state index contributed by atoms with van der Waals surface area (Å²) in [4.78, 5) is 18.1. The number of rotatable bonds is 8. The van der Waals surface area contributed by atoms with Crippen LogP contribution in [-0.2, 0) is 20.2 Å². The molecule has 0 unspecified atom stereocenters. The molecule has 0 amide bonds. The van der Waals surface area contributed by atoms with Crippen LogP contribution in [0.25, 0.3) is 10.8 Å². The van der Waals surface area contributed by atoms with Gasteiger partial charge in [0.1, 0.15) is 21.2 Å². The van der Waals surface area contributed by atoms with Gasteiger partial charge >= 0.3 is 0 Å². The third-order valence-electron chi connectivity index (χ3n) is 5.46. The summed E-state index contributed by atoms with van der Waals surface area (Å²) in [6.45, 7) is 0. The number of azo groups is 2. The van der Waals surface area contributed by atoms with Crippen LogP contribution in [0.2, 0.25) is 0 Å². The van der Waals surface area contributed by atoms with Gasteiger partial charge in [0.05, 0.1) is 26.6 Å². The van der Waals surface area contributed by atoms with Crippen molar-refractivity contribution in [3.05, 3.63) is 80.9 Å². The highest BCUT2D eigenvalue weighted by Gasteiger charge is 2.28. The molecule has 216 valence electrons. The summed E-state index contributed by atoms with van der Waals surface area (Å²) in [5.41, 5.74) is -2.53. The molecule has 0 atom stereocenters. The van der Waals surface area contributed by atoms with Crippen molar-refractivity contribution in [1.82, 2.24) is 0 Å². The Hall–Kier alpha value is -5.44. The molecule has 20 heteroatoms. The largest absolute Gasteiger partial charge is 0.505 e. The van der Waals surface area contributed by atoms with Gasteiger partial charge in [-0.2, -0.15) is 27.1 Å². The Morgan fingerprint density at radius 3 is 1.21 bits per heavy atom. The van der Waals surface area contributed by atoms with Gasteiger partial charge in [0, 0.05) is 24.3 Å². The highest BCUT2D eigenvalue weighted by atomic mass is 32.2. The van der Waals surface area contributed by atoms with E-state index in [0.29, 0.717) is 12.1 Å². The van der Waals surface area contributed by atoms with Gasteiger partial charge in [-0.05, 0) is 41.8 Å². The molecule has 4 rings (SSSR count). The maximum absolute atomic E-state index is 12.1. The molecule has 0 bridgehead atoms. The zero-order chi connectivity index (χ0) is 31.0. The summed E-state index contributed by atoms with van der Waals surface area (Å²) in [7, 11) is -10.4. The van der Waals surface area contributed by atoms with Crippen LogP contribution in [0.3, 0.4) is 0 Å². The standard InChI is InChI=1S/C22H14N6O12S2/c29-21-18-11(9-16(41(35,36)37)19(21)25-23-12-1-5-14(6-2-12)27(31)32)10-17(42(38,39)40)20(22(18)30)26-24-13-3-7-15(8-4-13)28(33)34/h1-10,29-30H,(H,35,36,37)(H,38,39,40). The number of aromatic hydroxyl groups is 2. The molecular weight excluding hydrogens is 604 g/mol. The van der Waals surface area contributed by atoms with E-state index in [1.165, 1.54) is 0 Å². The predicted octanol–water partition coefficient (Wildman–Crippen LogP) is 5.39. The molecule has 0 saturated carbocycles. The van der Waals surface area contributed by atoms with Gasteiger partial charge in [0.15, 0.2) is 11.5 Å². The number of nitrogens with zero attached hydrogens (tertiary/aromatic N) is 6. The molecule has 0 aliphatic rings. The number of non-ortho nitro benzene ring substituents is 2. The zero-order valence-electron chi connectivity index (χ0n) is 20.3. The third kappa shape index (κ3) is 6.00. The molecule has 0 aliphatic carbocycles. The molecule has 18 nitrogen and oxygen atoms in total. The quantitative estimate of drug-likeness (QED) is 0.0836. The number of nitro groups is 2. The van der Waals surface area contributed by atoms with Crippen molar-refractivity contribution in [1.29, 1.82) is 0 Å². The minimum Gasteiger partial charge on any atom is -0.505 e. The van der Waals surface area contributed by atoms with Gasteiger partial charge in [-0.25, -0.2) is 0 Å². The highest BCUT2D eigenvalue weighted by molar-refractivity contribution is 7.86. The van der Waals surface area contributed by atoms with E-state index >= 15 is 0 Å². The maximum Gasteiger partial charge on any atom is 0.296 e. The first-order valence-corrected chi connectivity index (χ1v) is 13.8. The molecular formula is C22H14N6O12S2. The lowest BCUT2D eigenvalue weighted by Gasteiger charge is -2.13. The average Bonchev–Trinajstić information content (AvgIpc) is 2.90. The van der Waals surface area contributed by atoms with Crippen LogP contribution < -0.4 is 0 Å². The zero-order valence-corrected chi connectivity index (χ0v) is 22.0. The van der Waals surface area contributed by atoms with E-state index in [4.69, 9.17) is 0 Å². The van der Waals surface area contributed by atoms with E-state index in [1.807, 2.05) is 0 Å². The smallest absolute Gasteiger partial charge is 0.296 e. The van der Waals surface area contributed by atoms with Crippen LogP contribution in [-0.4, -0.2) is 46.0 Å². The van der Waals surface area contributed by atoms with Crippen LogP contribution in [0.4, 0.5) is 34.1 Å². The molecule has 0 fully saturated rings. The SMILES string of the molecule is O=[N+]([O-])c1ccc(N=Nc2c(S(=O)(=O)O)cc3cc(S(=O)(=O)O)c(N=Nc4ccc([N+](=O)[O-])cc4)c(O)c3c2O)cc1. The normalized spacial score (nSPS) is 12.3. The van der Waals surface area contributed by atoms with E-state index < -0.39 is 73.5 Å². The number of fused-ring (bicyclic) bond motifs is 1. The number of hydrogen-bond acceptors (Lipinski definition) is 14. The Morgan fingerprint density at radius 2 is 0.929 bits per heavy atom. The Balaban J connectivity index is 1.95. The first kappa shape index (κ1) is 29.5. The lowest BCUT2D eigenvalue weighted by Crippen LogP contribution is -2.01. The van der Waals surface area contributed by atoms with Crippen molar-refractivity contribution in [2.24, 2.45) is 20.5 Å². The number of phenolic OH excluding ortho intramolecular Hbond substituents is 2. The van der Waals surface area contributed by atoms with Gasteiger partial charge < -0.3 is 10.2 Å². The molecule has 0 radical (unpaired) electrons. The topological polar surface area (TPSA) is 285 Å². The van der Waals surface area contributed by atoms with Gasteiger partial charge in [-0.1, -0.05) is 0 Å². The predicted molar refractivity (Wildman–Crippen MR) is 141 cm³/mol. The van der Waals surface area contributed by atoms with E-state index in [0.717, 1.165) is 48.5 Å². The van der Waals surface area contributed by atoms with Gasteiger partial charge in [-0.15, -0.1) is 10.2 Å². The van der Waals surface area contributed by atoms with Gasteiger partial charge in [0.2, 0.25) is 0 Å². The second-order valence-electron chi connectivity index (χ2n) is 8.14. The second kappa shape index (κ2) is 10.9. The van der Waals surface area contributed by atoms with Crippen molar-refractivity contribution >= 4 is 65.1 Å². The van der Waals surface area contributed by atoms with Gasteiger partial charge in [0.25, 0.3) is 31.6 Å². The lowest BCUT2D eigenvalue weighted by molar-refractivity contribution is -0.385. The minimum atomic E-state index is -5.18. The van der Waals surface area contributed by atoms with E-state index in [2.05, 4.69) is 20.5 Å². The number of nitro benzene ring substituents is 2. The second-order valence-corrected chi connectivity index (χ2v) is 10.9. The summed E-state index contributed by atoms with van der Waals surface area (Å²) in [6, 6.07) is 10.0. The van der Waals surface area contributed by atoms with Crippen LogP contribution in [0, 0.1) is 20.2 Å². The Labute approximate surface area is 233 Å². The number of benzene rings is 4. The molecule has 42 heavy (non-hydrogen) atoms. The molecule has 0 spiro atoms. The van der Waals surface area contributed by atoms with E-state index in [9.17, 15) is 56.4 Å². The number of hydrogen-bond donors (Lipinski definition) is 4. The first-order chi connectivity index (χ1) is 19.6. The molecule has 4 N–H and O–H groups in total. The monoisotopic (exact) mass is 618 g/mol. The summed E-state index contributed by atoms with van der Waals surface area (Å²) in [5, 5.41) is 56.9. The fourth-order valence-electron chi connectivity index (χ4n) is 3.55. The van der Waals surface area contributed by atoms with E-state index in [-0.39, 0.29) is 22.7 Å². The summed E-state index contributed by atoms with van der Waals surface area (Å²) in [5.74, 6) is -2.26. The molecule has 0 heterocycles. The Kier molecular flexibility index (Phi) is 7.63. The summed E-state index contributed by atoms with van der Waals surface area (Å²) >= 11 is 0. The maximum atomic E-state index is 12.1. The third-order valence-corrected chi connectivity index (χ3v) is 7.19. The Morgan fingerprint density at radius 1 is 0.595 bits per heavy atom. The van der Waals surface area contributed by atoms with Crippen molar-refractivity contribution in [3.8, 4) is 11.5 Å². The van der Waals surface area contributed by atoms with Gasteiger partial charge in [-0.3, -0.25) is 29.3 Å². The van der Waals surface area contributed by atoms with Crippen molar-refractivity contribution in [3.63, 3.8) is 0 Å². The first-order valence-electron chi connectivity index (χ1n) is 10.9. The molecule has 0 aliphatic heterocycles. The van der Waals surface area contributed by atoms with Crippen LogP contribution in [0.1, 0.15) is 0 Å². The van der Waals surface area contributed by atoms with E-state index in [1.54, 1.807) is 0 Å². The van der Waals surface area contributed by atoms with Crippen molar-refractivity contribution < 1.29 is 46.0 Å². The molecule has 4 aromatic rings. The number of phenols is 2. The van der Waals surface area contributed by atoms with Crippen LogP contribution in [0.15, 0.2) is 90.9 Å². The highest BCUT2D eigenvalue weighted by Crippen LogP contribution is 2.50. The molecule has 4 aromatic carbocycles. The van der Waals surface area contributed by atoms with Crippen molar-refractivity contribution in [2.75, 3.05) is 0 Å². The fraction of sp³-hybridized carbons (Fsp3) is 0. The fourth-order valence-corrected chi connectivity index (χ4v) is 4.86. The summed E-state index contributed by atoms with van der Waals surface area (Å²) in [6.07, 6.45) is 0. The molecule has 0 saturated heterocycles.